The first-order valence-electron chi connectivity index (χ1n) is 5.25. The Kier molecular flexibility index (Phi) is 4.30. The highest BCUT2D eigenvalue weighted by Gasteiger charge is 2.19. The highest BCUT2D eigenvalue weighted by Crippen LogP contribution is 2.07. The van der Waals surface area contributed by atoms with Gasteiger partial charge in [0.15, 0.2) is 0 Å². The Morgan fingerprint density at radius 2 is 2.44 bits per heavy atom. The topological polar surface area (TPSA) is 104 Å². The summed E-state index contributed by atoms with van der Waals surface area (Å²) < 4.78 is 0. The number of rotatable bonds is 6. The molecule has 5 N–H and O–H groups in total. The molecule has 2 atom stereocenters. The lowest BCUT2D eigenvalue weighted by atomic mass is 10.2. The van der Waals surface area contributed by atoms with Crippen LogP contribution in [0.5, 0.6) is 0 Å². The number of nitrogens with two attached hydrogens (primary N) is 1. The molecule has 0 saturated heterocycles. The molecule has 1 heterocycles. The predicted octanol–water partition coefficient (Wildman–Crippen LogP) is -0.625. The van der Waals surface area contributed by atoms with Crippen LogP contribution in [0, 0.1) is 5.92 Å². The molecule has 90 valence electrons. The summed E-state index contributed by atoms with van der Waals surface area (Å²) in [5, 5.41) is 14.2. The Morgan fingerprint density at radius 1 is 1.75 bits per heavy atom. The molecule has 1 rings (SSSR count). The first-order chi connectivity index (χ1) is 7.50. The van der Waals surface area contributed by atoms with Crippen molar-refractivity contribution in [1.29, 1.82) is 0 Å². The number of nitrogens with one attached hydrogen (secondary N) is 2. The molecule has 0 bridgehead atoms. The van der Waals surface area contributed by atoms with E-state index in [1.807, 2.05) is 6.92 Å². The Bertz CT molecular complexity index is 314. The van der Waals surface area contributed by atoms with Gasteiger partial charge in [0.2, 0.25) is 5.91 Å². The smallest absolute Gasteiger partial charge is 0.320 e. The van der Waals surface area contributed by atoms with E-state index in [2.05, 4.69) is 10.6 Å². The lowest BCUT2D eigenvalue weighted by molar-refractivity contribution is -0.138. The van der Waals surface area contributed by atoms with E-state index < -0.39 is 12.0 Å². The van der Waals surface area contributed by atoms with Gasteiger partial charge in [-0.1, -0.05) is 0 Å². The van der Waals surface area contributed by atoms with E-state index in [0.717, 1.165) is 0 Å². The largest absolute Gasteiger partial charge is 0.480 e. The minimum atomic E-state index is -0.984. The molecule has 0 unspecified atom stereocenters. The minimum Gasteiger partial charge on any atom is -0.480 e. The Balaban J connectivity index is 2.15. The summed E-state index contributed by atoms with van der Waals surface area (Å²) >= 11 is 0. The third kappa shape index (κ3) is 3.54. The van der Waals surface area contributed by atoms with Crippen LogP contribution in [0.1, 0.15) is 19.8 Å². The fraction of sp³-hybridized carbons (Fsp3) is 0.600. The standard InChI is InChI=1S/C10H17N3O3/c1-6-5-8(13-9(6)14)12-4-2-3-7(11)10(15)16/h5-7,12H,2-4,11H2,1H3,(H,13,14)(H,15,16)/t6-,7+/m1/s1. The number of carboxylic acids is 1. The second-order valence-electron chi connectivity index (χ2n) is 3.87. The quantitative estimate of drug-likeness (QED) is 0.452. The maximum atomic E-state index is 11.1. The third-order valence-electron chi connectivity index (χ3n) is 2.41. The number of carboxylic acid groups (broad SMARTS) is 1. The van der Waals surface area contributed by atoms with Gasteiger partial charge in [0, 0.05) is 6.54 Å². The molecule has 6 nitrogen and oxygen atoms in total. The Morgan fingerprint density at radius 3 is 2.94 bits per heavy atom. The van der Waals surface area contributed by atoms with Gasteiger partial charge in [-0.2, -0.15) is 0 Å². The predicted molar refractivity (Wildman–Crippen MR) is 58.2 cm³/mol. The molecule has 0 saturated carbocycles. The normalized spacial score (nSPS) is 21.2. The maximum absolute atomic E-state index is 11.1. The van der Waals surface area contributed by atoms with Crippen molar-refractivity contribution in [2.75, 3.05) is 6.54 Å². The first kappa shape index (κ1) is 12.5. The van der Waals surface area contributed by atoms with Crippen molar-refractivity contribution in [3.8, 4) is 0 Å². The number of carbonyl (C=O) groups excluding carboxylic acids is 1. The highest BCUT2D eigenvalue weighted by molar-refractivity contribution is 5.84. The van der Waals surface area contributed by atoms with E-state index in [0.29, 0.717) is 25.2 Å². The Labute approximate surface area is 93.9 Å². The summed E-state index contributed by atoms with van der Waals surface area (Å²) in [6.45, 7) is 2.41. The summed E-state index contributed by atoms with van der Waals surface area (Å²) in [5.74, 6) is -0.420. The van der Waals surface area contributed by atoms with Gasteiger partial charge in [-0.3, -0.25) is 9.59 Å². The average Bonchev–Trinajstić information content (AvgIpc) is 2.53. The van der Waals surface area contributed by atoms with Gasteiger partial charge in [-0.05, 0) is 25.8 Å². The molecule has 0 aromatic carbocycles. The average molecular weight is 227 g/mol. The van der Waals surface area contributed by atoms with Crippen molar-refractivity contribution in [1.82, 2.24) is 10.6 Å². The molecule has 16 heavy (non-hydrogen) atoms. The Hall–Kier alpha value is -1.56. The molecular weight excluding hydrogens is 210 g/mol. The number of carbonyl (C=O) groups is 2. The van der Waals surface area contributed by atoms with E-state index in [-0.39, 0.29) is 11.8 Å². The zero-order chi connectivity index (χ0) is 12.1. The molecule has 1 amide bonds. The highest BCUT2D eigenvalue weighted by atomic mass is 16.4. The monoisotopic (exact) mass is 227 g/mol. The van der Waals surface area contributed by atoms with E-state index in [9.17, 15) is 9.59 Å². The second kappa shape index (κ2) is 5.50. The fourth-order valence-electron chi connectivity index (χ4n) is 1.39. The summed E-state index contributed by atoms with van der Waals surface area (Å²) in [7, 11) is 0. The molecule has 1 aliphatic rings. The SMILES string of the molecule is C[C@@H]1C=C(NCCC[C@H](N)C(=O)O)NC1=O. The maximum Gasteiger partial charge on any atom is 0.320 e. The van der Waals surface area contributed by atoms with Crippen LogP contribution in [0.15, 0.2) is 11.9 Å². The van der Waals surface area contributed by atoms with Crippen LogP contribution in [0.3, 0.4) is 0 Å². The number of hydrogen-bond donors (Lipinski definition) is 4. The van der Waals surface area contributed by atoms with Crippen molar-refractivity contribution in [3.05, 3.63) is 11.9 Å². The van der Waals surface area contributed by atoms with Crippen molar-refractivity contribution in [3.63, 3.8) is 0 Å². The number of amides is 1. The molecule has 6 heteroatoms. The lowest BCUT2D eigenvalue weighted by Crippen LogP contribution is -2.32. The van der Waals surface area contributed by atoms with Crippen molar-refractivity contribution >= 4 is 11.9 Å². The minimum absolute atomic E-state index is 0.0234. The molecule has 0 aliphatic carbocycles. The van der Waals surface area contributed by atoms with Gasteiger partial charge >= 0.3 is 5.97 Å². The van der Waals surface area contributed by atoms with Crippen LogP contribution in [0.2, 0.25) is 0 Å². The van der Waals surface area contributed by atoms with Crippen LogP contribution in [-0.2, 0) is 9.59 Å². The molecule has 1 aliphatic heterocycles. The van der Waals surface area contributed by atoms with Crippen LogP contribution < -0.4 is 16.4 Å². The van der Waals surface area contributed by atoms with Crippen LogP contribution >= 0.6 is 0 Å². The van der Waals surface area contributed by atoms with Gasteiger partial charge in [0.1, 0.15) is 11.9 Å². The summed E-state index contributed by atoms with van der Waals surface area (Å²) in [4.78, 5) is 21.5. The van der Waals surface area contributed by atoms with Gasteiger partial charge in [0.25, 0.3) is 0 Å². The van der Waals surface area contributed by atoms with Gasteiger partial charge in [0.05, 0.1) is 5.92 Å². The molecule has 0 radical (unpaired) electrons. The first-order valence-corrected chi connectivity index (χ1v) is 5.25. The van der Waals surface area contributed by atoms with Crippen LogP contribution in [0.25, 0.3) is 0 Å². The molecule has 0 spiro atoms. The molecule has 0 aromatic rings. The molecule has 0 aromatic heterocycles. The lowest BCUT2D eigenvalue weighted by Gasteiger charge is -2.09. The van der Waals surface area contributed by atoms with E-state index in [1.54, 1.807) is 6.08 Å². The van der Waals surface area contributed by atoms with Gasteiger partial charge < -0.3 is 21.5 Å². The van der Waals surface area contributed by atoms with E-state index in [1.165, 1.54) is 0 Å². The number of hydrogen-bond acceptors (Lipinski definition) is 4. The fourth-order valence-corrected chi connectivity index (χ4v) is 1.39. The van der Waals surface area contributed by atoms with Gasteiger partial charge in [-0.25, -0.2) is 0 Å². The summed E-state index contributed by atoms with van der Waals surface area (Å²) in [5.41, 5.74) is 5.34. The third-order valence-corrected chi connectivity index (χ3v) is 2.41. The van der Waals surface area contributed by atoms with Crippen molar-refractivity contribution in [2.24, 2.45) is 11.7 Å². The zero-order valence-electron chi connectivity index (χ0n) is 9.19. The van der Waals surface area contributed by atoms with Gasteiger partial charge in [-0.15, -0.1) is 0 Å². The number of aliphatic carboxylic acids is 1. The molecule has 0 fully saturated rings. The second-order valence-corrected chi connectivity index (χ2v) is 3.87. The van der Waals surface area contributed by atoms with Crippen LogP contribution in [0.4, 0.5) is 0 Å². The zero-order valence-corrected chi connectivity index (χ0v) is 9.19. The van der Waals surface area contributed by atoms with Crippen molar-refractivity contribution in [2.45, 2.75) is 25.8 Å². The van der Waals surface area contributed by atoms with Crippen LogP contribution in [-0.4, -0.2) is 29.6 Å². The van der Waals surface area contributed by atoms with Crippen molar-refractivity contribution < 1.29 is 14.7 Å². The van der Waals surface area contributed by atoms with E-state index >= 15 is 0 Å². The summed E-state index contributed by atoms with van der Waals surface area (Å²) in [6, 6.07) is -0.812. The van der Waals surface area contributed by atoms with E-state index in [4.69, 9.17) is 10.8 Å². The summed E-state index contributed by atoms with van der Waals surface area (Å²) in [6.07, 6.45) is 2.87. The molecular formula is C10H17N3O3.